The number of allylic oxidation sites excluding steroid dienone is 4. The molecular weight excluding hydrogens is 268 g/mol. The Morgan fingerprint density at radius 3 is 2.44 bits per heavy atom. The van der Waals surface area contributed by atoms with Gasteiger partial charge in [-0.25, -0.2) is 4.79 Å². The molecule has 0 aromatic heterocycles. The number of carbonyl (C=O) groups excluding carboxylic acids is 1. The van der Waals surface area contributed by atoms with Crippen LogP contribution in [0.2, 0.25) is 0 Å². The van der Waals surface area contributed by atoms with Crippen LogP contribution < -0.4 is 0 Å². The highest BCUT2D eigenvalue weighted by atomic mass is 79.9. The zero-order valence-electron chi connectivity index (χ0n) is 10.5. The lowest BCUT2D eigenvalue weighted by molar-refractivity contribution is -0.135. The van der Waals surface area contributed by atoms with Gasteiger partial charge in [-0.05, 0) is 24.5 Å². The van der Waals surface area contributed by atoms with Gasteiger partial charge in [0.05, 0.1) is 12.7 Å². The molecule has 0 aliphatic heterocycles. The Balaban J connectivity index is 0.00000106. The number of methoxy groups -OCH3 is 1. The van der Waals surface area contributed by atoms with E-state index in [4.69, 9.17) is 4.74 Å². The summed E-state index contributed by atoms with van der Waals surface area (Å²) in [5.41, 5.74) is 1.56. The lowest BCUT2D eigenvalue weighted by Gasteiger charge is -2.04. The number of ether oxygens (including phenoxy) is 1. The van der Waals surface area contributed by atoms with Crippen molar-refractivity contribution in [1.29, 1.82) is 0 Å². The van der Waals surface area contributed by atoms with Gasteiger partial charge >= 0.3 is 5.97 Å². The van der Waals surface area contributed by atoms with Crippen LogP contribution in [-0.4, -0.2) is 13.1 Å². The second kappa shape index (κ2) is 7.44. The quantitative estimate of drug-likeness (QED) is 0.682. The number of hydrogen-bond donors (Lipinski definition) is 0. The van der Waals surface area contributed by atoms with Crippen molar-refractivity contribution in [3.05, 3.63) is 33.9 Å². The van der Waals surface area contributed by atoms with Crippen molar-refractivity contribution < 1.29 is 9.53 Å². The fraction of sp³-hybridized carbons (Fsp3) is 0.462. The van der Waals surface area contributed by atoms with Crippen molar-refractivity contribution in [3.8, 4) is 0 Å². The standard InChI is InChI=1S/C11H13BrO2.C2H6/c1-7-4-8(2)10(11(13)14-3)6-9(12)5-7;1-2/h4-7H,1-3H3;1-2H3. The van der Waals surface area contributed by atoms with E-state index >= 15 is 0 Å². The molecule has 1 aliphatic carbocycles. The number of esters is 1. The topological polar surface area (TPSA) is 26.3 Å². The van der Waals surface area contributed by atoms with Crippen molar-refractivity contribution in [3.63, 3.8) is 0 Å². The van der Waals surface area contributed by atoms with E-state index in [-0.39, 0.29) is 5.97 Å². The van der Waals surface area contributed by atoms with Gasteiger partial charge in [-0.1, -0.05) is 48.9 Å². The minimum atomic E-state index is -0.293. The molecule has 0 amide bonds. The highest BCUT2D eigenvalue weighted by molar-refractivity contribution is 9.11. The van der Waals surface area contributed by atoms with Crippen LogP contribution in [0.4, 0.5) is 0 Å². The molecule has 0 aromatic rings. The van der Waals surface area contributed by atoms with Crippen molar-refractivity contribution in [2.75, 3.05) is 7.11 Å². The molecule has 0 aromatic carbocycles. The van der Waals surface area contributed by atoms with E-state index in [9.17, 15) is 4.79 Å². The molecule has 1 aliphatic rings. The number of carbonyl (C=O) groups is 1. The summed E-state index contributed by atoms with van der Waals surface area (Å²) in [6, 6.07) is 0. The van der Waals surface area contributed by atoms with Crippen LogP contribution in [0.25, 0.3) is 0 Å². The third-order valence-electron chi connectivity index (χ3n) is 2.05. The Morgan fingerprint density at radius 2 is 1.94 bits per heavy atom. The zero-order chi connectivity index (χ0) is 12.7. The van der Waals surface area contributed by atoms with E-state index < -0.39 is 0 Å². The summed E-state index contributed by atoms with van der Waals surface area (Å²) in [6.45, 7) is 7.98. The Bertz CT molecular complexity index is 338. The maximum atomic E-state index is 11.4. The second-order valence-corrected chi connectivity index (χ2v) is 4.23. The third-order valence-corrected chi connectivity index (χ3v) is 2.54. The lowest BCUT2D eigenvalue weighted by atomic mass is 10.1. The SMILES string of the molecule is CC.COC(=O)C1=CC(Br)=CC(C)C=C1C. The number of halogens is 1. The van der Waals surface area contributed by atoms with Crippen molar-refractivity contribution >= 4 is 21.9 Å². The Hall–Kier alpha value is -0.830. The van der Waals surface area contributed by atoms with Gasteiger partial charge in [-0.2, -0.15) is 0 Å². The van der Waals surface area contributed by atoms with Crippen LogP contribution in [-0.2, 0) is 9.53 Å². The first kappa shape index (κ1) is 15.2. The number of hydrogen-bond acceptors (Lipinski definition) is 2. The maximum absolute atomic E-state index is 11.4. The molecule has 1 unspecified atom stereocenters. The van der Waals surface area contributed by atoms with E-state index in [0.29, 0.717) is 11.5 Å². The summed E-state index contributed by atoms with van der Waals surface area (Å²) in [4.78, 5) is 11.4. The number of rotatable bonds is 1. The Kier molecular flexibility index (Phi) is 7.06. The first-order chi connectivity index (χ1) is 7.54. The molecule has 0 heterocycles. The average Bonchev–Trinajstić information content (AvgIpc) is 2.38. The molecule has 3 heteroatoms. The molecular formula is C13H19BrO2. The average molecular weight is 287 g/mol. The van der Waals surface area contributed by atoms with Gasteiger partial charge in [0.1, 0.15) is 0 Å². The van der Waals surface area contributed by atoms with E-state index in [1.807, 2.05) is 32.9 Å². The van der Waals surface area contributed by atoms with E-state index in [1.54, 1.807) is 6.08 Å². The summed E-state index contributed by atoms with van der Waals surface area (Å²) in [5, 5.41) is 0. The van der Waals surface area contributed by atoms with E-state index in [2.05, 4.69) is 22.9 Å². The fourth-order valence-corrected chi connectivity index (χ4v) is 2.06. The molecule has 0 fully saturated rings. The summed E-state index contributed by atoms with van der Waals surface area (Å²) in [5.74, 6) is 0.0287. The molecule has 90 valence electrons. The molecule has 0 bridgehead atoms. The van der Waals surface area contributed by atoms with Gasteiger partial charge in [0.2, 0.25) is 0 Å². The second-order valence-electron chi connectivity index (χ2n) is 3.31. The normalized spacial score (nSPS) is 19.4. The minimum absolute atomic E-state index is 0.293. The van der Waals surface area contributed by atoms with Gasteiger partial charge in [0.25, 0.3) is 0 Å². The Morgan fingerprint density at radius 1 is 1.38 bits per heavy atom. The summed E-state index contributed by atoms with van der Waals surface area (Å²) in [6.07, 6.45) is 5.87. The van der Waals surface area contributed by atoms with E-state index in [0.717, 1.165) is 10.1 Å². The lowest BCUT2D eigenvalue weighted by Crippen LogP contribution is -2.05. The highest BCUT2D eigenvalue weighted by Gasteiger charge is 2.15. The predicted octanol–water partition coefficient (Wildman–Crippen LogP) is 3.99. The van der Waals surface area contributed by atoms with Crippen LogP contribution in [0.3, 0.4) is 0 Å². The molecule has 0 radical (unpaired) electrons. The Labute approximate surface area is 106 Å². The van der Waals surface area contributed by atoms with Crippen molar-refractivity contribution in [2.24, 2.45) is 5.92 Å². The molecule has 16 heavy (non-hydrogen) atoms. The van der Waals surface area contributed by atoms with Crippen molar-refractivity contribution in [1.82, 2.24) is 0 Å². The molecule has 1 atom stereocenters. The van der Waals surface area contributed by atoms with E-state index in [1.165, 1.54) is 7.11 Å². The van der Waals surface area contributed by atoms with Crippen LogP contribution in [0.1, 0.15) is 27.7 Å². The first-order valence-corrected chi connectivity index (χ1v) is 6.20. The smallest absolute Gasteiger partial charge is 0.338 e. The molecule has 2 nitrogen and oxygen atoms in total. The third kappa shape index (κ3) is 4.35. The molecule has 0 spiro atoms. The predicted molar refractivity (Wildman–Crippen MR) is 71.4 cm³/mol. The largest absolute Gasteiger partial charge is 0.465 e. The van der Waals surface area contributed by atoms with Crippen LogP contribution in [0.5, 0.6) is 0 Å². The van der Waals surface area contributed by atoms with Crippen molar-refractivity contribution in [2.45, 2.75) is 27.7 Å². The maximum Gasteiger partial charge on any atom is 0.338 e. The zero-order valence-corrected chi connectivity index (χ0v) is 12.1. The fourth-order valence-electron chi connectivity index (χ4n) is 1.41. The van der Waals surface area contributed by atoms with Crippen LogP contribution in [0, 0.1) is 5.92 Å². The summed E-state index contributed by atoms with van der Waals surface area (Å²) >= 11 is 3.39. The van der Waals surface area contributed by atoms with Crippen LogP contribution in [0.15, 0.2) is 33.9 Å². The van der Waals surface area contributed by atoms with Gasteiger partial charge in [-0.3, -0.25) is 0 Å². The first-order valence-electron chi connectivity index (χ1n) is 5.40. The summed E-state index contributed by atoms with van der Waals surface area (Å²) < 4.78 is 5.62. The molecule has 0 saturated carbocycles. The molecule has 0 N–H and O–H groups in total. The van der Waals surface area contributed by atoms with Crippen LogP contribution >= 0.6 is 15.9 Å². The highest BCUT2D eigenvalue weighted by Crippen LogP contribution is 2.24. The van der Waals surface area contributed by atoms with Gasteiger partial charge in [-0.15, -0.1) is 0 Å². The van der Waals surface area contributed by atoms with Gasteiger partial charge < -0.3 is 4.74 Å². The van der Waals surface area contributed by atoms with Gasteiger partial charge in [0.15, 0.2) is 0 Å². The minimum Gasteiger partial charge on any atom is -0.465 e. The van der Waals surface area contributed by atoms with Gasteiger partial charge in [0, 0.05) is 4.48 Å². The monoisotopic (exact) mass is 286 g/mol. The molecule has 0 saturated heterocycles. The summed E-state index contributed by atoms with van der Waals surface area (Å²) in [7, 11) is 1.39. The molecule has 1 rings (SSSR count).